The number of halogens is 1. The molecule has 1 aliphatic heterocycles. The summed E-state index contributed by atoms with van der Waals surface area (Å²) in [4.78, 5) is 44.8. The van der Waals surface area contributed by atoms with E-state index in [2.05, 4.69) is 4.98 Å². The van der Waals surface area contributed by atoms with Crippen LogP contribution in [0.1, 0.15) is 28.3 Å². The first kappa shape index (κ1) is 22.8. The van der Waals surface area contributed by atoms with Gasteiger partial charge in [-0.1, -0.05) is 24.3 Å². The molecule has 0 aliphatic carbocycles. The molecule has 1 saturated heterocycles. The van der Waals surface area contributed by atoms with Crippen molar-refractivity contribution in [3.63, 3.8) is 0 Å². The van der Waals surface area contributed by atoms with Crippen LogP contribution in [0.4, 0.5) is 9.18 Å². The number of carbonyl (C=O) groups excluding carboxylic acids is 2. The van der Waals surface area contributed by atoms with Crippen molar-refractivity contribution in [2.24, 2.45) is 0 Å². The lowest BCUT2D eigenvalue weighted by molar-refractivity contribution is -0.123. The molecule has 35 heavy (non-hydrogen) atoms. The van der Waals surface area contributed by atoms with Crippen LogP contribution in [0.2, 0.25) is 0 Å². The van der Waals surface area contributed by atoms with Gasteiger partial charge in [0, 0.05) is 11.4 Å². The van der Waals surface area contributed by atoms with E-state index in [4.69, 9.17) is 0 Å². The van der Waals surface area contributed by atoms with Crippen molar-refractivity contribution in [3.8, 4) is 0 Å². The summed E-state index contributed by atoms with van der Waals surface area (Å²) in [5.74, 6) is -0.259. The van der Waals surface area contributed by atoms with Crippen molar-refractivity contribution >= 4 is 39.9 Å². The summed E-state index contributed by atoms with van der Waals surface area (Å²) in [5, 5.41) is 0.124. The van der Waals surface area contributed by atoms with E-state index in [1.807, 2.05) is 26.0 Å². The third-order valence-corrected chi connectivity index (χ3v) is 6.87. The molecular formula is C26H21FN4O3S. The van der Waals surface area contributed by atoms with Gasteiger partial charge in [0.2, 0.25) is 0 Å². The standard InChI is InChI=1S/C26H21FN4O3S/c1-15-12-19(13-23-25(33)29(26(34)35-23)14-18-8-10-20(27)11-9-18)16(2)30(15)31-17(3)28-22-7-5-4-6-21(22)24(31)32/h4-13H,14H2,1-3H3. The number of nitrogens with zero attached hydrogens (tertiary/aromatic N) is 4. The minimum absolute atomic E-state index is 0.0681. The first-order valence-corrected chi connectivity index (χ1v) is 11.7. The third-order valence-electron chi connectivity index (χ3n) is 5.96. The van der Waals surface area contributed by atoms with Gasteiger partial charge >= 0.3 is 0 Å². The quantitative estimate of drug-likeness (QED) is 0.385. The SMILES string of the molecule is Cc1cc(C=C2SC(=O)N(Cc3ccc(F)cc3)C2=O)c(C)n1-n1c(C)nc2ccccc2c1=O. The molecule has 0 radical (unpaired) electrons. The number of hydrogen-bond donors (Lipinski definition) is 0. The summed E-state index contributed by atoms with van der Waals surface area (Å²) in [5.41, 5.74) is 3.32. The second-order valence-electron chi connectivity index (χ2n) is 8.33. The second kappa shape index (κ2) is 8.66. The Morgan fingerprint density at radius 2 is 1.69 bits per heavy atom. The molecule has 0 N–H and O–H groups in total. The average molecular weight is 489 g/mol. The lowest BCUT2D eigenvalue weighted by Crippen LogP contribution is -2.30. The van der Waals surface area contributed by atoms with Crippen molar-refractivity contribution in [3.05, 3.63) is 104 Å². The predicted octanol–water partition coefficient (Wildman–Crippen LogP) is 4.81. The van der Waals surface area contributed by atoms with Crippen LogP contribution in [0.5, 0.6) is 0 Å². The molecule has 0 bridgehead atoms. The number of benzene rings is 2. The van der Waals surface area contributed by atoms with E-state index in [0.29, 0.717) is 27.9 Å². The molecule has 2 aromatic carbocycles. The topological polar surface area (TPSA) is 77.2 Å². The average Bonchev–Trinajstić information content (AvgIpc) is 3.25. The molecule has 0 spiro atoms. The summed E-state index contributed by atoms with van der Waals surface area (Å²) >= 11 is 0.861. The van der Waals surface area contributed by atoms with Gasteiger partial charge < -0.3 is 0 Å². The van der Waals surface area contributed by atoms with Crippen LogP contribution in [-0.4, -0.2) is 30.4 Å². The van der Waals surface area contributed by atoms with Crippen LogP contribution < -0.4 is 5.56 Å². The number of amides is 2. The first-order valence-electron chi connectivity index (χ1n) is 10.9. The Kier molecular flexibility index (Phi) is 5.64. The molecule has 5 rings (SSSR count). The van der Waals surface area contributed by atoms with Crippen LogP contribution in [0.25, 0.3) is 17.0 Å². The molecule has 176 valence electrons. The molecule has 7 nitrogen and oxygen atoms in total. The summed E-state index contributed by atoms with van der Waals surface area (Å²) in [7, 11) is 0. The fourth-order valence-electron chi connectivity index (χ4n) is 4.25. The zero-order valence-corrected chi connectivity index (χ0v) is 20.1. The van der Waals surface area contributed by atoms with E-state index in [1.165, 1.54) is 16.8 Å². The number of imide groups is 1. The Morgan fingerprint density at radius 1 is 0.971 bits per heavy atom. The second-order valence-corrected chi connectivity index (χ2v) is 9.32. The zero-order valence-electron chi connectivity index (χ0n) is 19.3. The largest absolute Gasteiger partial charge is 0.293 e. The van der Waals surface area contributed by atoms with E-state index in [-0.39, 0.29) is 28.1 Å². The summed E-state index contributed by atoms with van der Waals surface area (Å²) in [6, 6.07) is 14.7. The normalized spacial score (nSPS) is 15.1. The number of thioether (sulfide) groups is 1. The molecule has 2 amide bonds. The number of hydrogen-bond acceptors (Lipinski definition) is 5. The number of aromatic nitrogens is 3. The minimum Gasteiger partial charge on any atom is -0.268 e. The van der Waals surface area contributed by atoms with Crippen LogP contribution in [0, 0.1) is 26.6 Å². The van der Waals surface area contributed by atoms with E-state index < -0.39 is 5.91 Å². The highest BCUT2D eigenvalue weighted by atomic mass is 32.2. The van der Waals surface area contributed by atoms with Crippen LogP contribution in [-0.2, 0) is 11.3 Å². The Morgan fingerprint density at radius 3 is 2.43 bits per heavy atom. The molecule has 4 aromatic rings. The molecule has 3 heterocycles. The number of para-hydroxylation sites is 1. The van der Waals surface area contributed by atoms with Crippen molar-refractivity contribution < 1.29 is 14.0 Å². The minimum atomic E-state index is -0.408. The van der Waals surface area contributed by atoms with Crippen molar-refractivity contribution in [2.45, 2.75) is 27.3 Å². The Labute approximate surface area is 204 Å². The van der Waals surface area contributed by atoms with E-state index in [0.717, 1.165) is 28.0 Å². The van der Waals surface area contributed by atoms with Gasteiger partial charge in [-0.15, -0.1) is 0 Å². The Bertz CT molecular complexity index is 1600. The maximum Gasteiger partial charge on any atom is 0.293 e. The fraction of sp³-hybridized carbons (Fsp3) is 0.154. The van der Waals surface area contributed by atoms with Gasteiger partial charge in [0.05, 0.1) is 22.4 Å². The number of aryl methyl sites for hydroxylation is 2. The third kappa shape index (κ3) is 3.97. The summed E-state index contributed by atoms with van der Waals surface area (Å²) in [6.07, 6.45) is 1.67. The zero-order chi connectivity index (χ0) is 24.9. The number of carbonyl (C=O) groups is 2. The molecule has 2 aromatic heterocycles. The predicted molar refractivity (Wildman–Crippen MR) is 133 cm³/mol. The first-order chi connectivity index (χ1) is 16.7. The molecule has 1 aliphatic rings. The van der Waals surface area contributed by atoms with Crippen LogP contribution in [0.15, 0.2) is 64.3 Å². The number of rotatable bonds is 4. The van der Waals surface area contributed by atoms with Gasteiger partial charge in [0.15, 0.2) is 0 Å². The molecule has 9 heteroatoms. The van der Waals surface area contributed by atoms with E-state index >= 15 is 0 Å². The van der Waals surface area contributed by atoms with Gasteiger partial charge in [0.25, 0.3) is 16.7 Å². The lowest BCUT2D eigenvalue weighted by atomic mass is 10.2. The lowest BCUT2D eigenvalue weighted by Gasteiger charge is -2.16. The number of fused-ring (bicyclic) bond motifs is 1. The highest BCUT2D eigenvalue weighted by Crippen LogP contribution is 2.34. The van der Waals surface area contributed by atoms with Crippen molar-refractivity contribution in [1.29, 1.82) is 0 Å². The molecule has 1 fully saturated rings. The Hall–Kier alpha value is -3.98. The van der Waals surface area contributed by atoms with Crippen molar-refractivity contribution in [1.82, 2.24) is 19.2 Å². The summed E-state index contributed by atoms with van der Waals surface area (Å²) in [6.45, 7) is 5.56. The van der Waals surface area contributed by atoms with Gasteiger partial charge in [-0.3, -0.25) is 24.0 Å². The van der Waals surface area contributed by atoms with Gasteiger partial charge in [-0.05, 0) is 80.1 Å². The van der Waals surface area contributed by atoms with Crippen LogP contribution >= 0.6 is 11.8 Å². The Balaban J connectivity index is 1.51. The molecule has 0 atom stereocenters. The molecule has 0 unspecified atom stereocenters. The summed E-state index contributed by atoms with van der Waals surface area (Å²) < 4.78 is 16.5. The smallest absolute Gasteiger partial charge is 0.268 e. The van der Waals surface area contributed by atoms with Crippen LogP contribution in [0.3, 0.4) is 0 Å². The van der Waals surface area contributed by atoms with Crippen molar-refractivity contribution in [2.75, 3.05) is 0 Å². The monoisotopic (exact) mass is 488 g/mol. The molecular weight excluding hydrogens is 467 g/mol. The fourth-order valence-corrected chi connectivity index (χ4v) is 5.08. The van der Waals surface area contributed by atoms with Gasteiger partial charge in [-0.25, -0.2) is 9.37 Å². The van der Waals surface area contributed by atoms with E-state index in [9.17, 15) is 18.8 Å². The molecule has 0 saturated carbocycles. The van der Waals surface area contributed by atoms with Gasteiger partial charge in [-0.2, -0.15) is 4.68 Å². The highest BCUT2D eigenvalue weighted by molar-refractivity contribution is 8.18. The maximum absolute atomic E-state index is 13.3. The highest BCUT2D eigenvalue weighted by Gasteiger charge is 2.35. The van der Waals surface area contributed by atoms with E-state index in [1.54, 1.807) is 48.0 Å². The van der Waals surface area contributed by atoms with Gasteiger partial charge in [0.1, 0.15) is 11.6 Å². The maximum atomic E-state index is 13.3.